The minimum absolute atomic E-state index is 0.0255. The lowest BCUT2D eigenvalue weighted by Gasteiger charge is -2.30. The molecule has 0 saturated carbocycles. The van der Waals surface area contributed by atoms with E-state index >= 15 is 0 Å². The minimum Gasteiger partial charge on any atom is -0.458 e. The number of non-ortho nitro benzene ring substituents is 1. The Labute approximate surface area is 187 Å². The van der Waals surface area contributed by atoms with Crippen LogP contribution in [0.15, 0.2) is 71.1 Å². The van der Waals surface area contributed by atoms with E-state index in [9.17, 15) is 24.9 Å². The Hall–Kier alpha value is -3.63. The zero-order valence-electron chi connectivity index (χ0n) is 16.7. The second-order valence-corrected chi connectivity index (χ2v) is 8.22. The molecule has 1 fully saturated rings. The second kappa shape index (κ2) is 9.25. The van der Waals surface area contributed by atoms with Crippen LogP contribution >= 0.6 is 11.8 Å². The lowest BCUT2D eigenvalue weighted by Crippen LogP contribution is -2.49. The van der Waals surface area contributed by atoms with Gasteiger partial charge in [-0.3, -0.25) is 24.9 Å². The van der Waals surface area contributed by atoms with Crippen molar-refractivity contribution in [2.45, 2.75) is 17.8 Å². The summed E-state index contributed by atoms with van der Waals surface area (Å²) in [6.07, 6.45) is 0.228. The van der Waals surface area contributed by atoms with Gasteiger partial charge >= 0.3 is 0 Å². The molecule has 2 heterocycles. The molecule has 1 aliphatic heterocycles. The molecule has 0 spiro atoms. The van der Waals surface area contributed by atoms with Gasteiger partial charge in [-0.2, -0.15) is 0 Å². The Bertz CT molecular complexity index is 1130. The largest absolute Gasteiger partial charge is 0.458 e. The third kappa shape index (κ3) is 4.36. The molecule has 10 heteroatoms. The highest BCUT2D eigenvalue weighted by Crippen LogP contribution is 2.42. The van der Waals surface area contributed by atoms with E-state index in [2.05, 4.69) is 0 Å². The molecule has 9 nitrogen and oxygen atoms in total. The Kier molecular flexibility index (Phi) is 6.24. The number of hydroxylamine groups is 1. The number of amides is 2. The van der Waals surface area contributed by atoms with Gasteiger partial charge in [0.1, 0.15) is 22.9 Å². The molecule has 1 aliphatic rings. The Morgan fingerprint density at radius 1 is 1.19 bits per heavy atom. The number of carbonyl (C=O) groups is 2. The average Bonchev–Trinajstić information content (AvgIpc) is 3.44. The number of rotatable bonds is 7. The van der Waals surface area contributed by atoms with Gasteiger partial charge < -0.3 is 9.32 Å². The summed E-state index contributed by atoms with van der Waals surface area (Å²) >= 11 is 1.33. The SMILES string of the molecule is O=C(NO)C(Cc1ccccc1)N1C(=O)CSC1c1ccc(-c2ccc([N+](=O)[O-])cc2)o1. The zero-order chi connectivity index (χ0) is 22.7. The number of thioether (sulfide) groups is 1. The minimum atomic E-state index is -0.928. The van der Waals surface area contributed by atoms with Gasteiger partial charge in [0.05, 0.1) is 10.7 Å². The summed E-state index contributed by atoms with van der Waals surface area (Å²) in [7, 11) is 0. The van der Waals surface area contributed by atoms with Crippen LogP contribution in [0.25, 0.3) is 11.3 Å². The Balaban J connectivity index is 1.61. The predicted octanol–water partition coefficient (Wildman–Crippen LogP) is 3.55. The number of hydrogen-bond acceptors (Lipinski definition) is 7. The molecular formula is C22H19N3O6S. The third-order valence-corrected chi connectivity index (χ3v) is 6.35. The van der Waals surface area contributed by atoms with E-state index in [1.165, 1.54) is 28.8 Å². The highest BCUT2D eigenvalue weighted by molar-refractivity contribution is 8.00. The van der Waals surface area contributed by atoms with Gasteiger partial charge in [-0.05, 0) is 29.8 Å². The molecule has 1 aromatic heterocycles. The summed E-state index contributed by atoms with van der Waals surface area (Å²) in [6, 6.07) is 17.7. The van der Waals surface area contributed by atoms with Crippen molar-refractivity contribution in [1.29, 1.82) is 0 Å². The van der Waals surface area contributed by atoms with Crippen LogP contribution in [0.1, 0.15) is 16.7 Å². The first kappa shape index (κ1) is 21.6. The van der Waals surface area contributed by atoms with Gasteiger partial charge in [0.2, 0.25) is 5.91 Å². The van der Waals surface area contributed by atoms with Crippen molar-refractivity contribution >= 4 is 29.3 Å². The van der Waals surface area contributed by atoms with E-state index in [4.69, 9.17) is 4.42 Å². The summed E-state index contributed by atoms with van der Waals surface area (Å²) < 4.78 is 5.97. The van der Waals surface area contributed by atoms with Gasteiger partial charge in [-0.25, -0.2) is 5.48 Å². The number of nitro benzene ring substituents is 1. The van der Waals surface area contributed by atoms with Crippen LogP contribution in [-0.2, 0) is 16.0 Å². The molecule has 2 amide bonds. The monoisotopic (exact) mass is 453 g/mol. The zero-order valence-corrected chi connectivity index (χ0v) is 17.5. The topological polar surface area (TPSA) is 126 Å². The molecule has 4 rings (SSSR count). The van der Waals surface area contributed by atoms with E-state index in [0.29, 0.717) is 17.1 Å². The lowest BCUT2D eigenvalue weighted by molar-refractivity contribution is -0.384. The highest BCUT2D eigenvalue weighted by atomic mass is 32.2. The van der Waals surface area contributed by atoms with E-state index in [-0.39, 0.29) is 23.8 Å². The highest BCUT2D eigenvalue weighted by Gasteiger charge is 2.42. The van der Waals surface area contributed by atoms with Gasteiger partial charge in [0.15, 0.2) is 0 Å². The molecule has 2 aromatic carbocycles. The maximum absolute atomic E-state index is 12.7. The van der Waals surface area contributed by atoms with Crippen molar-refractivity contribution in [2.24, 2.45) is 0 Å². The summed E-state index contributed by atoms with van der Waals surface area (Å²) in [6.45, 7) is 0. The first-order chi connectivity index (χ1) is 15.5. The molecule has 3 aromatic rings. The molecule has 164 valence electrons. The van der Waals surface area contributed by atoms with Gasteiger partial charge in [-0.15, -0.1) is 11.8 Å². The van der Waals surface area contributed by atoms with Crippen LogP contribution in [-0.4, -0.2) is 38.6 Å². The first-order valence-electron chi connectivity index (χ1n) is 9.73. The van der Waals surface area contributed by atoms with Crippen molar-refractivity contribution < 1.29 is 24.1 Å². The number of carbonyl (C=O) groups excluding carboxylic acids is 2. The molecule has 2 unspecified atom stereocenters. The molecule has 2 N–H and O–H groups in total. The predicted molar refractivity (Wildman–Crippen MR) is 117 cm³/mol. The van der Waals surface area contributed by atoms with Crippen molar-refractivity contribution in [1.82, 2.24) is 10.4 Å². The van der Waals surface area contributed by atoms with E-state index < -0.39 is 22.2 Å². The van der Waals surface area contributed by atoms with Crippen LogP contribution in [0, 0.1) is 10.1 Å². The number of benzene rings is 2. The van der Waals surface area contributed by atoms with Crippen molar-refractivity contribution in [2.75, 3.05) is 5.75 Å². The van der Waals surface area contributed by atoms with Crippen LogP contribution in [0.3, 0.4) is 0 Å². The first-order valence-corrected chi connectivity index (χ1v) is 10.8. The molecular weight excluding hydrogens is 434 g/mol. The maximum Gasteiger partial charge on any atom is 0.269 e. The smallest absolute Gasteiger partial charge is 0.269 e. The summed E-state index contributed by atoms with van der Waals surface area (Å²) in [5.41, 5.74) is 3.14. The van der Waals surface area contributed by atoms with Crippen molar-refractivity contribution in [3.8, 4) is 11.3 Å². The summed E-state index contributed by atoms with van der Waals surface area (Å²) in [5, 5.41) is 19.6. The van der Waals surface area contributed by atoms with Crippen LogP contribution in [0.2, 0.25) is 0 Å². The molecule has 0 bridgehead atoms. The second-order valence-electron chi connectivity index (χ2n) is 7.15. The standard InChI is InChI=1S/C22H19N3O6S/c26-20-13-32-22(24(20)17(21(27)23-28)12-14-4-2-1-3-5-14)19-11-10-18(31-19)15-6-8-16(9-7-15)25(29)30/h1-11,17,22,28H,12-13H2,(H,23,27). The van der Waals surface area contributed by atoms with E-state index in [0.717, 1.165) is 5.56 Å². The average molecular weight is 453 g/mol. The summed E-state index contributed by atoms with van der Waals surface area (Å²) in [5.74, 6) is 0.205. The third-order valence-electron chi connectivity index (χ3n) is 5.16. The number of furan rings is 1. The van der Waals surface area contributed by atoms with Crippen LogP contribution in [0.4, 0.5) is 5.69 Å². The van der Waals surface area contributed by atoms with E-state index in [1.807, 2.05) is 30.3 Å². The van der Waals surface area contributed by atoms with Crippen molar-refractivity contribution in [3.63, 3.8) is 0 Å². The molecule has 1 saturated heterocycles. The fourth-order valence-electron chi connectivity index (χ4n) is 3.61. The van der Waals surface area contributed by atoms with E-state index in [1.54, 1.807) is 29.7 Å². The number of hydrogen-bond donors (Lipinski definition) is 2. The van der Waals surface area contributed by atoms with Gasteiger partial charge in [-0.1, -0.05) is 30.3 Å². The lowest BCUT2D eigenvalue weighted by atomic mass is 10.0. The molecule has 0 radical (unpaired) electrons. The normalized spacial score (nSPS) is 16.7. The fourth-order valence-corrected chi connectivity index (χ4v) is 4.78. The van der Waals surface area contributed by atoms with Crippen LogP contribution in [0.5, 0.6) is 0 Å². The number of nitrogens with one attached hydrogen (secondary N) is 1. The van der Waals surface area contributed by atoms with Gasteiger partial charge in [0.25, 0.3) is 11.6 Å². The fraction of sp³-hybridized carbons (Fsp3) is 0.182. The number of nitrogens with zero attached hydrogens (tertiary/aromatic N) is 2. The maximum atomic E-state index is 12.7. The van der Waals surface area contributed by atoms with Crippen LogP contribution < -0.4 is 5.48 Å². The Morgan fingerprint density at radius 2 is 1.91 bits per heavy atom. The molecule has 32 heavy (non-hydrogen) atoms. The summed E-state index contributed by atoms with van der Waals surface area (Å²) in [4.78, 5) is 37.0. The Morgan fingerprint density at radius 3 is 2.56 bits per heavy atom. The number of nitro groups is 1. The molecule has 0 aliphatic carbocycles. The quantitative estimate of drug-likeness (QED) is 0.318. The van der Waals surface area contributed by atoms with Gasteiger partial charge in [0, 0.05) is 24.1 Å². The van der Waals surface area contributed by atoms with Crippen molar-refractivity contribution in [3.05, 3.63) is 88.2 Å². The molecule has 2 atom stereocenters.